The predicted molar refractivity (Wildman–Crippen MR) is 59.9 cm³/mol. The van der Waals surface area contributed by atoms with E-state index in [1.54, 1.807) is 0 Å². The smallest absolute Gasteiger partial charge is 0.225 e. The Morgan fingerprint density at radius 1 is 1.38 bits per heavy atom. The quantitative estimate of drug-likeness (QED) is 0.753. The fourth-order valence-corrected chi connectivity index (χ4v) is 2.65. The Hall–Kier alpha value is -0.610. The average Bonchev–Trinajstić information content (AvgIpc) is 2.75. The van der Waals surface area contributed by atoms with Crippen LogP contribution in [-0.4, -0.2) is 48.3 Å². The van der Waals surface area contributed by atoms with Gasteiger partial charge in [0.05, 0.1) is 6.10 Å². The summed E-state index contributed by atoms with van der Waals surface area (Å²) in [6, 6.07) is 0. The number of aliphatic hydroxyl groups excluding tert-OH is 1. The summed E-state index contributed by atoms with van der Waals surface area (Å²) in [5.41, 5.74) is 0. The van der Waals surface area contributed by atoms with E-state index in [0.29, 0.717) is 19.0 Å². The van der Waals surface area contributed by atoms with Crippen molar-refractivity contribution in [2.75, 3.05) is 26.3 Å². The molecule has 2 heterocycles. The third-order valence-corrected chi connectivity index (χ3v) is 3.84. The van der Waals surface area contributed by atoms with Crippen LogP contribution < -0.4 is 0 Å². The van der Waals surface area contributed by atoms with E-state index in [1.165, 1.54) is 0 Å². The Balaban J connectivity index is 1.88. The molecule has 1 amide bonds. The van der Waals surface area contributed by atoms with Gasteiger partial charge in [-0.1, -0.05) is 6.92 Å². The average molecular weight is 227 g/mol. The highest BCUT2D eigenvalue weighted by atomic mass is 16.5. The lowest BCUT2D eigenvalue weighted by molar-refractivity contribution is -0.137. The first-order chi connectivity index (χ1) is 7.68. The van der Waals surface area contributed by atoms with Crippen molar-refractivity contribution in [2.45, 2.75) is 32.3 Å². The third-order valence-electron chi connectivity index (χ3n) is 3.84. The van der Waals surface area contributed by atoms with Crippen LogP contribution >= 0.6 is 0 Å². The van der Waals surface area contributed by atoms with Gasteiger partial charge >= 0.3 is 0 Å². The third kappa shape index (κ3) is 2.55. The lowest BCUT2D eigenvalue weighted by Gasteiger charge is -2.29. The van der Waals surface area contributed by atoms with Crippen LogP contribution in [0.3, 0.4) is 0 Å². The molecule has 4 heteroatoms. The van der Waals surface area contributed by atoms with Gasteiger partial charge < -0.3 is 14.7 Å². The van der Waals surface area contributed by atoms with Crippen LogP contribution in [0.15, 0.2) is 0 Å². The molecule has 0 aromatic carbocycles. The number of ether oxygens (including phenoxy) is 1. The predicted octanol–water partition coefficient (Wildman–Crippen LogP) is 0.642. The highest BCUT2D eigenvalue weighted by Crippen LogP contribution is 2.26. The topological polar surface area (TPSA) is 49.8 Å². The molecular weight excluding hydrogens is 206 g/mol. The van der Waals surface area contributed by atoms with Gasteiger partial charge in [0.2, 0.25) is 5.91 Å². The standard InChI is InChI=1S/C12H21NO3/c1-9(10-3-6-16-7-4-10)12(15)13-5-2-11(14)8-13/h9-11,14H,2-8H2,1H3/t9?,11-/m0/s1. The highest BCUT2D eigenvalue weighted by molar-refractivity contribution is 5.79. The van der Waals surface area contributed by atoms with Crippen molar-refractivity contribution in [2.24, 2.45) is 11.8 Å². The molecule has 0 aromatic rings. The monoisotopic (exact) mass is 227 g/mol. The molecule has 2 saturated heterocycles. The summed E-state index contributed by atoms with van der Waals surface area (Å²) in [7, 11) is 0. The molecule has 16 heavy (non-hydrogen) atoms. The number of carbonyl (C=O) groups is 1. The van der Waals surface area contributed by atoms with Crippen LogP contribution in [0.1, 0.15) is 26.2 Å². The number of amides is 1. The largest absolute Gasteiger partial charge is 0.391 e. The van der Waals surface area contributed by atoms with Gasteiger partial charge in [-0.2, -0.15) is 0 Å². The van der Waals surface area contributed by atoms with Crippen molar-refractivity contribution in [3.8, 4) is 0 Å². The van der Waals surface area contributed by atoms with Crippen LogP contribution in [0.2, 0.25) is 0 Å². The van der Waals surface area contributed by atoms with E-state index in [1.807, 2.05) is 11.8 Å². The van der Waals surface area contributed by atoms with Crippen molar-refractivity contribution in [1.29, 1.82) is 0 Å². The van der Waals surface area contributed by atoms with Gasteiger partial charge in [-0.15, -0.1) is 0 Å². The number of nitrogens with zero attached hydrogens (tertiary/aromatic N) is 1. The number of likely N-dealkylation sites (tertiary alicyclic amines) is 1. The van der Waals surface area contributed by atoms with E-state index in [-0.39, 0.29) is 17.9 Å². The lowest BCUT2D eigenvalue weighted by Crippen LogP contribution is -2.38. The molecule has 2 aliphatic rings. The van der Waals surface area contributed by atoms with Crippen LogP contribution in [0.4, 0.5) is 0 Å². The number of rotatable bonds is 2. The van der Waals surface area contributed by atoms with Crippen LogP contribution in [0.5, 0.6) is 0 Å². The van der Waals surface area contributed by atoms with Gasteiger partial charge in [0.1, 0.15) is 0 Å². The van der Waals surface area contributed by atoms with Crippen molar-refractivity contribution in [1.82, 2.24) is 4.90 Å². The lowest BCUT2D eigenvalue weighted by atomic mass is 9.86. The first-order valence-electron chi connectivity index (χ1n) is 6.23. The van der Waals surface area contributed by atoms with Crippen molar-refractivity contribution < 1.29 is 14.6 Å². The van der Waals surface area contributed by atoms with E-state index in [0.717, 1.165) is 32.5 Å². The van der Waals surface area contributed by atoms with Crippen LogP contribution in [-0.2, 0) is 9.53 Å². The van der Waals surface area contributed by atoms with E-state index in [9.17, 15) is 9.90 Å². The number of hydrogen-bond donors (Lipinski definition) is 1. The Morgan fingerprint density at radius 3 is 2.62 bits per heavy atom. The molecule has 2 atom stereocenters. The van der Waals surface area contributed by atoms with Gasteiger partial charge in [0, 0.05) is 32.2 Å². The van der Waals surface area contributed by atoms with Crippen molar-refractivity contribution >= 4 is 5.91 Å². The molecule has 0 aliphatic carbocycles. The fraction of sp³-hybridized carbons (Fsp3) is 0.917. The maximum absolute atomic E-state index is 12.2. The Labute approximate surface area is 96.6 Å². The summed E-state index contributed by atoms with van der Waals surface area (Å²) in [6.07, 6.45) is 2.39. The summed E-state index contributed by atoms with van der Waals surface area (Å²) in [5.74, 6) is 0.747. The zero-order chi connectivity index (χ0) is 11.5. The molecule has 2 fully saturated rings. The van der Waals surface area contributed by atoms with Gasteiger partial charge in [0.25, 0.3) is 0 Å². The number of β-amino-alcohol motifs (C(OH)–C–C–N with tert-alkyl or cyclic N) is 1. The molecule has 0 aromatic heterocycles. The highest BCUT2D eigenvalue weighted by Gasteiger charge is 2.32. The first-order valence-corrected chi connectivity index (χ1v) is 6.23. The van der Waals surface area contributed by atoms with E-state index in [2.05, 4.69) is 0 Å². The Bertz CT molecular complexity index is 251. The fourth-order valence-electron chi connectivity index (χ4n) is 2.65. The van der Waals surface area contributed by atoms with Gasteiger partial charge in [0.15, 0.2) is 0 Å². The summed E-state index contributed by atoms with van der Waals surface area (Å²) >= 11 is 0. The maximum atomic E-state index is 12.2. The van der Waals surface area contributed by atoms with Gasteiger partial charge in [-0.25, -0.2) is 0 Å². The van der Waals surface area contributed by atoms with Crippen molar-refractivity contribution in [3.63, 3.8) is 0 Å². The molecule has 4 nitrogen and oxygen atoms in total. The summed E-state index contributed by atoms with van der Waals surface area (Å²) in [6.45, 7) is 4.82. The molecule has 92 valence electrons. The zero-order valence-electron chi connectivity index (χ0n) is 9.89. The molecule has 0 saturated carbocycles. The molecule has 0 spiro atoms. The molecule has 2 rings (SSSR count). The van der Waals surface area contributed by atoms with Crippen molar-refractivity contribution in [3.05, 3.63) is 0 Å². The Morgan fingerprint density at radius 2 is 2.06 bits per heavy atom. The zero-order valence-corrected chi connectivity index (χ0v) is 9.89. The summed E-state index contributed by atoms with van der Waals surface area (Å²) in [5, 5.41) is 9.43. The molecular formula is C12H21NO3. The first kappa shape index (κ1) is 11.9. The minimum atomic E-state index is -0.314. The summed E-state index contributed by atoms with van der Waals surface area (Å²) in [4.78, 5) is 14.0. The van der Waals surface area contributed by atoms with Crippen LogP contribution in [0.25, 0.3) is 0 Å². The normalized spacial score (nSPS) is 29.4. The summed E-state index contributed by atoms with van der Waals surface area (Å²) < 4.78 is 5.31. The molecule has 1 unspecified atom stereocenters. The Kier molecular flexibility index (Phi) is 3.82. The molecule has 0 radical (unpaired) electrons. The SMILES string of the molecule is CC(C(=O)N1CC[C@H](O)C1)C1CCOCC1. The minimum Gasteiger partial charge on any atom is -0.391 e. The second-order valence-electron chi connectivity index (χ2n) is 4.97. The van der Waals surface area contributed by atoms with E-state index in [4.69, 9.17) is 4.74 Å². The number of aliphatic hydroxyl groups is 1. The molecule has 2 aliphatic heterocycles. The number of carbonyl (C=O) groups excluding carboxylic acids is 1. The van der Waals surface area contributed by atoms with E-state index < -0.39 is 0 Å². The van der Waals surface area contributed by atoms with Gasteiger partial charge in [-0.3, -0.25) is 4.79 Å². The molecule has 0 bridgehead atoms. The number of hydrogen-bond acceptors (Lipinski definition) is 3. The second-order valence-corrected chi connectivity index (χ2v) is 4.97. The van der Waals surface area contributed by atoms with E-state index >= 15 is 0 Å². The van der Waals surface area contributed by atoms with Crippen LogP contribution in [0, 0.1) is 11.8 Å². The minimum absolute atomic E-state index is 0.0780. The molecule has 1 N–H and O–H groups in total. The van der Waals surface area contributed by atoms with Gasteiger partial charge in [-0.05, 0) is 25.2 Å². The maximum Gasteiger partial charge on any atom is 0.225 e. The second kappa shape index (κ2) is 5.15.